The number of piperidine rings is 1. The molecule has 0 aromatic heterocycles. The average molecular weight is 492 g/mol. The molecular formula is C25H34FN3O4S. The Morgan fingerprint density at radius 2 is 1.71 bits per heavy atom. The zero-order valence-electron chi connectivity index (χ0n) is 20.0. The Kier molecular flexibility index (Phi) is 9.04. The lowest BCUT2D eigenvalue weighted by atomic mass is 10.00. The fraction of sp³-hybridized carbons (Fsp3) is 0.480. The summed E-state index contributed by atoms with van der Waals surface area (Å²) in [7, 11) is -2.60. The zero-order chi connectivity index (χ0) is 24.7. The van der Waals surface area contributed by atoms with E-state index in [0.29, 0.717) is 6.54 Å². The first-order chi connectivity index (χ1) is 16.2. The number of carbonyl (C=O) groups excluding carboxylic acids is 1. The van der Waals surface area contributed by atoms with Crippen LogP contribution >= 0.6 is 0 Å². The van der Waals surface area contributed by atoms with Gasteiger partial charge in [0, 0.05) is 12.1 Å². The van der Waals surface area contributed by atoms with E-state index in [1.807, 2.05) is 24.3 Å². The molecule has 0 saturated carbocycles. The van der Waals surface area contributed by atoms with Crippen LogP contribution in [0.2, 0.25) is 0 Å². The van der Waals surface area contributed by atoms with Gasteiger partial charge in [0.2, 0.25) is 15.9 Å². The predicted molar refractivity (Wildman–Crippen MR) is 130 cm³/mol. The largest absolute Gasteiger partial charge is 0.496 e. The Labute approximate surface area is 201 Å². The Hall–Kier alpha value is -2.49. The summed E-state index contributed by atoms with van der Waals surface area (Å²) in [6, 6.07) is 11.7. The number of nitrogens with zero attached hydrogens (tertiary/aromatic N) is 1. The molecule has 3 rings (SSSR count). The van der Waals surface area contributed by atoms with Crippen molar-refractivity contribution in [3.05, 3.63) is 59.9 Å². The molecule has 1 heterocycles. The molecular weight excluding hydrogens is 457 g/mol. The third-order valence-electron chi connectivity index (χ3n) is 6.16. The molecule has 0 spiro atoms. The molecule has 2 aromatic carbocycles. The molecule has 34 heavy (non-hydrogen) atoms. The lowest BCUT2D eigenvalue weighted by Crippen LogP contribution is -2.51. The highest BCUT2D eigenvalue weighted by Crippen LogP contribution is 2.31. The minimum Gasteiger partial charge on any atom is -0.496 e. The van der Waals surface area contributed by atoms with E-state index in [1.165, 1.54) is 24.6 Å². The van der Waals surface area contributed by atoms with Crippen LogP contribution < -0.4 is 14.8 Å². The third kappa shape index (κ3) is 6.34. The van der Waals surface area contributed by atoms with Gasteiger partial charge in [-0.05, 0) is 50.0 Å². The number of hydrogen-bond donors (Lipinski definition) is 2. The lowest BCUT2D eigenvalue weighted by molar-refractivity contribution is -0.124. The van der Waals surface area contributed by atoms with Crippen molar-refractivity contribution in [2.45, 2.75) is 50.1 Å². The van der Waals surface area contributed by atoms with E-state index >= 15 is 0 Å². The summed E-state index contributed by atoms with van der Waals surface area (Å²) in [4.78, 5) is 15.0. The summed E-state index contributed by atoms with van der Waals surface area (Å²) in [5, 5.41) is 2.94. The first kappa shape index (κ1) is 26.1. The molecule has 0 aliphatic carbocycles. The maximum Gasteiger partial charge on any atom is 0.244 e. The number of ether oxygens (including phenoxy) is 1. The number of nitrogens with one attached hydrogen (secondary N) is 2. The minimum absolute atomic E-state index is 0.114. The van der Waals surface area contributed by atoms with Gasteiger partial charge in [-0.2, -0.15) is 4.72 Å². The summed E-state index contributed by atoms with van der Waals surface area (Å²) < 4.78 is 47.7. The Balaban J connectivity index is 1.79. The standard InChI is InChI=1S/C25H34FN3O4S/c1-18(2)24(28-34(31,32)23-14-8-6-12-20(23)26)25(30)27-17-21(29-15-9-4-10-16-29)19-11-5-7-13-22(19)33-3/h5-8,11-14,18,21,24,28H,4,9-10,15-17H2,1-3H3,(H,27,30)/t21?,24-/m0/s1. The van der Waals surface area contributed by atoms with Gasteiger partial charge in [0.1, 0.15) is 22.5 Å². The highest BCUT2D eigenvalue weighted by atomic mass is 32.2. The molecule has 0 radical (unpaired) electrons. The number of likely N-dealkylation sites (tertiary alicyclic amines) is 1. The van der Waals surface area contributed by atoms with Crippen LogP contribution in [0.3, 0.4) is 0 Å². The Morgan fingerprint density at radius 3 is 2.35 bits per heavy atom. The number of halogens is 1. The second-order valence-electron chi connectivity index (χ2n) is 8.87. The molecule has 1 unspecified atom stereocenters. The number of hydrogen-bond acceptors (Lipinski definition) is 5. The van der Waals surface area contributed by atoms with Gasteiger partial charge in [0.05, 0.1) is 13.2 Å². The quantitative estimate of drug-likeness (QED) is 0.531. The van der Waals surface area contributed by atoms with Crippen molar-refractivity contribution in [3.63, 3.8) is 0 Å². The topological polar surface area (TPSA) is 87.7 Å². The highest BCUT2D eigenvalue weighted by Gasteiger charge is 2.31. The average Bonchev–Trinajstić information content (AvgIpc) is 2.83. The maximum absolute atomic E-state index is 14.1. The van der Waals surface area contributed by atoms with Gasteiger partial charge >= 0.3 is 0 Å². The van der Waals surface area contributed by atoms with Crippen LogP contribution in [0, 0.1) is 11.7 Å². The van der Waals surface area contributed by atoms with Crippen LogP contribution in [0.25, 0.3) is 0 Å². The SMILES string of the molecule is COc1ccccc1C(CNC(=O)[C@@H](NS(=O)(=O)c1ccccc1F)C(C)C)N1CCCCC1. The molecule has 1 saturated heterocycles. The number of carbonyl (C=O) groups is 1. The van der Waals surface area contributed by atoms with Crippen molar-refractivity contribution in [1.29, 1.82) is 0 Å². The summed E-state index contributed by atoms with van der Waals surface area (Å²) in [5.41, 5.74) is 0.972. The zero-order valence-corrected chi connectivity index (χ0v) is 20.8. The smallest absolute Gasteiger partial charge is 0.244 e. The lowest BCUT2D eigenvalue weighted by Gasteiger charge is -2.36. The van der Waals surface area contributed by atoms with E-state index in [2.05, 4.69) is 14.9 Å². The van der Waals surface area contributed by atoms with E-state index < -0.39 is 32.7 Å². The fourth-order valence-corrected chi connectivity index (χ4v) is 5.72. The maximum atomic E-state index is 14.1. The molecule has 7 nitrogen and oxygen atoms in total. The van der Waals surface area contributed by atoms with Gasteiger partial charge in [-0.1, -0.05) is 50.6 Å². The van der Waals surface area contributed by atoms with Gasteiger partial charge in [-0.25, -0.2) is 12.8 Å². The summed E-state index contributed by atoms with van der Waals surface area (Å²) in [6.45, 7) is 5.61. The Morgan fingerprint density at radius 1 is 1.06 bits per heavy atom. The Bertz CT molecular complexity index is 1070. The summed E-state index contributed by atoms with van der Waals surface area (Å²) in [5.74, 6) is -0.916. The second kappa shape index (κ2) is 11.8. The van der Waals surface area contributed by atoms with Crippen LogP contribution in [-0.2, 0) is 14.8 Å². The van der Waals surface area contributed by atoms with Crippen molar-refractivity contribution in [1.82, 2.24) is 14.9 Å². The van der Waals surface area contributed by atoms with Crippen LogP contribution in [0.15, 0.2) is 53.4 Å². The summed E-state index contributed by atoms with van der Waals surface area (Å²) >= 11 is 0. The molecule has 186 valence electrons. The third-order valence-corrected chi connectivity index (χ3v) is 7.63. The van der Waals surface area contributed by atoms with Crippen molar-refractivity contribution in [2.75, 3.05) is 26.7 Å². The predicted octanol–water partition coefficient (Wildman–Crippen LogP) is 3.48. The number of benzene rings is 2. The minimum atomic E-state index is -4.22. The fourth-order valence-electron chi connectivity index (χ4n) is 4.30. The molecule has 1 aliphatic heterocycles. The van der Waals surface area contributed by atoms with E-state index in [1.54, 1.807) is 21.0 Å². The number of methoxy groups -OCH3 is 1. The van der Waals surface area contributed by atoms with Gasteiger partial charge < -0.3 is 10.1 Å². The number of amides is 1. The van der Waals surface area contributed by atoms with Gasteiger partial charge in [0.25, 0.3) is 0 Å². The van der Waals surface area contributed by atoms with E-state index in [-0.39, 0.29) is 12.0 Å². The molecule has 1 fully saturated rings. The van der Waals surface area contributed by atoms with Crippen molar-refractivity contribution in [3.8, 4) is 5.75 Å². The van der Waals surface area contributed by atoms with Gasteiger partial charge in [-0.15, -0.1) is 0 Å². The van der Waals surface area contributed by atoms with Crippen LogP contribution in [0.4, 0.5) is 4.39 Å². The van der Waals surface area contributed by atoms with Crippen LogP contribution in [-0.4, -0.2) is 52.0 Å². The normalized spacial score (nSPS) is 16.7. The molecule has 2 N–H and O–H groups in total. The number of rotatable bonds is 10. The van der Waals surface area contributed by atoms with E-state index in [4.69, 9.17) is 4.74 Å². The van der Waals surface area contributed by atoms with Gasteiger partial charge in [-0.3, -0.25) is 9.69 Å². The molecule has 2 aromatic rings. The van der Waals surface area contributed by atoms with Gasteiger partial charge in [0.15, 0.2) is 0 Å². The van der Waals surface area contributed by atoms with Crippen molar-refractivity contribution < 1.29 is 22.3 Å². The first-order valence-electron chi connectivity index (χ1n) is 11.7. The number of sulfonamides is 1. The molecule has 9 heteroatoms. The molecule has 0 bridgehead atoms. The van der Waals surface area contributed by atoms with E-state index in [0.717, 1.165) is 43.3 Å². The van der Waals surface area contributed by atoms with Crippen LogP contribution in [0.1, 0.15) is 44.7 Å². The van der Waals surface area contributed by atoms with E-state index in [9.17, 15) is 17.6 Å². The molecule has 1 aliphatic rings. The number of para-hydroxylation sites is 1. The monoisotopic (exact) mass is 491 g/mol. The highest BCUT2D eigenvalue weighted by molar-refractivity contribution is 7.89. The second-order valence-corrected chi connectivity index (χ2v) is 10.6. The van der Waals surface area contributed by atoms with Crippen LogP contribution in [0.5, 0.6) is 5.75 Å². The molecule has 2 atom stereocenters. The molecule has 1 amide bonds. The summed E-state index contributed by atoms with van der Waals surface area (Å²) in [6.07, 6.45) is 3.34. The van der Waals surface area contributed by atoms with Crippen molar-refractivity contribution >= 4 is 15.9 Å². The van der Waals surface area contributed by atoms with Crippen molar-refractivity contribution in [2.24, 2.45) is 5.92 Å². The first-order valence-corrected chi connectivity index (χ1v) is 13.1.